The highest BCUT2D eigenvalue weighted by Crippen LogP contribution is 2.33. The molecule has 4 nitrogen and oxygen atoms in total. The van der Waals surface area contributed by atoms with E-state index in [-0.39, 0.29) is 4.90 Å². The molecule has 1 aromatic carbocycles. The van der Waals surface area contributed by atoms with Gasteiger partial charge in [0.25, 0.3) is 0 Å². The van der Waals surface area contributed by atoms with Gasteiger partial charge < -0.3 is 0 Å². The molecule has 0 N–H and O–H groups in total. The third-order valence-corrected chi connectivity index (χ3v) is 7.77. The minimum atomic E-state index is -4.48. The largest absolute Gasteiger partial charge is 0.416 e. The highest BCUT2D eigenvalue weighted by atomic mass is 32.2. The Morgan fingerprint density at radius 2 is 1.68 bits per heavy atom. The highest BCUT2D eigenvalue weighted by Gasteiger charge is 2.31. The van der Waals surface area contributed by atoms with Crippen molar-refractivity contribution in [3.63, 3.8) is 0 Å². The van der Waals surface area contributed by atoms with Gasteiger partial charge in [0, 0.05) is 26.7 Å². The molecule has 8 heteroatoms. The molecule has 1 aromatic rings. The predicted octanol–water partition coefficient (Wildman–Crippen LogP) is 5.20. The van der Waals surface area contributed by atoms with E-state index in [2.05, 4.69) is 30.7 Å². The van der Waals surface area contributed by atoms with Crippen molar-refractivity contribution in [2.45, 2.75) is 43.2 Å². The number of hydrogen-bond donors (Lipinski definition) is 0. The standard InChI is InChI=1S/C23H33F3N2O2S/c1-4-16-27(2)17-5-6-19-7-9-20(10-8-19)15-18-28(3)31(29,30)22-13-11-21(12-14-22)23(24,25)26/h4-6,11-14,19-20H,1,7-10,15-18H2,2-3H3/b6-5+. The van der Waals surface area contributed by atoms with Crippen LogP contribution in [0, 0.1) is 11.8 Å². The maximum atomic E-state index is 12.7. The zero-order chi connectivity index (χ0) is 23.1. The van der Waals surface area contributed by atoms with Crippen molar-refractivity contribution in [3.05, 3.63) is 54.6 Å². The zero-order valence-corrected chi connectivity index (χ0v) is 19.1. The Labute approximate surface area is 184 Å². The molecule has 0 heterocycles. The summed E-state index contributed by atoms with van der Waals surface area (Å²) in [7, 11) is -0.254. The Balaban J connectivity index is 1.80. The summed E-state index contributed by atoms with van der Waals surface area (Å²) in [4.78, 5) is 2.07. The van der Waals surface area contributed by atoms with Crippen LogP contribution in [0.3, 0.4) is 0 Å². The van der Waals surface area contributed by atoms with Gasteiger partial charge in [-0.2, -0.15) is 13.2 Å². The van der Waals surface area contributed by atoms with E-state index in [4.69, 9.17) is 0 Å². The van der Waals surface area contributed by atoms with Crippen LogP contribution in [0.25, 0.3) is 0 Å². The normalized spacial score (nSPS) is 20.6. The van der Waals surface area contributed by atoms with Crippen molar-refractivity contribution in [1.29, 1.82) is 0 Å². The van der Waals surface area contributed by atoms with E-state index in [1.165, 1.54) is 11.4 Å². The quantitative estimate of drug-likeness (QED) is 0.453. The van der Waals surface area contributed by atoms with Crippen LogP contribution in [0.2, 0.25) is 0 Å². The molecule has 2 rings (SSSR count). The van der Waals surface area contributed by atoms with E-state index >= 15 is 0 Å². The molecule has 174 valence electrons. The lowest BCUT2D eigenvalue weighted by atomic mass is 9.80. The van der Waals surface area contributed by atoms with E-state index in [0.717, 1.165) is 69.5 Å². The van der Waals surface area contributed by atoms with Crippen molar-refractivity contribution in [2.24, 2.45) is 11.8 Å². The molecule has 1 aliphatic carbocycles. The van der Waals surface area contributed by atoms with Crippen LogP contribution in [0.4, 0.5) is 13.2 Å². The predicted molar refractivity (Wildman–Crippen MR) is 118 cm³/mol. The minimum absolute atomic E-state index is 0.113. The second-order valence-electron chi connectivity index (χ2n) is 8.36. The van der Waals surface area contributed by atoms with E-state index in [9.17, 15) is 21.6 Å². The molecule has 0 bridgehead atoms. The molecular formula is C23H33F3N2O2S. The number of halogens is 3. The third kappa shape index (κ3) is 7.77. The highest BCUT2D eigenvalue weighted by molar-refractivity contribution is 7.89. The van der Waals surface area contributed by atoms with Gasteiger partial charge in [0.05, 0.1) is 10.5 Å². The SMILES string of the molecule is C=CCN(C)C/C=C/C1CCC(CCN(C)S(=O)(=O)c2ccc(C(F)(F)F)cc2)CC1. The first-order valence-electron chi connectivity index (χ1n) is 10.6. The number of likely N-dealkylation sites (N-methyl/N-ethyl adjacent to an activating group) is 1. The number of rotatable bonds is 10. The first-order chi connectivity index (χ1) is 14.5. The average Bonchev–Trinajstić information content (AvgIpc) is 2.72. The summed E-state index contributed by atoms with van der Waals surface area (Å²) in [6.07, 6.45) is 6.98. The van der Waals surface area contributed by atoms with E-state index in [0.29, 0.717) is 18.4 Å². The summed E-state index contributed by atoms with van der Waals surface area (Å²) in [5.74, 6) is 1.04. The van der Waals surface area contributed by atoms with Crippen LogP contribution in [-0.4, -0.2) is 51.4 Å². The lowest BCUT2D eigenvalue weighted by Gasteiger charge is -2.28. The summed E-state index contributed by atoms with van der Waals surface area (Å²) in [6, 6.07) is 3.67. The van der Waals surface area contributed by atoms with Crippen LogP contribution in [0.15, 0.2) is 54.0 Å². The Bertz CT molecular complexity index is 827. The zero-order valence-electron chi connectivity index (χ0n) is 18.3. The molecule has 0 radical (unpaired) electrons. The minimum Gasteiger partial charge on any atom is -0.299 e. The summed E-state index contributed by atoms with van der Waals surface area (Å²) in [5.41, 5.74) is -0.854. The van der Waals surface area contributed by atoms with E-state index < -0.39 is 21.8 Å². The lowest BCUT2D eigenvalue weighted by molar-refractivity contribution is -0.137. The molecule has 1 aliphatic rings. The number of allylic oxidation sites excluding steroid dienone is 1. The van der Waals surface area contributed by atoms with Gasteiger partial charge in [-0.15, -0.1) is 6.58 Å². The number of benzene rings is 1. The van der Waals surface area contributed by atoms with E-state index in [1.54, 1.807) is 0 Å². The molecule has 1 fully saturated rings. The fraction of sp³-hybridized carbons (Fsp3) is 0.565. The maximum Gasteiger partial charge on any atom is 0.416 e. The second kappa shape index (κ2) is 11.3. The van der Waals surface area contributed by atoms with Gasteiger partial charge in [0.2, 0.25) is 10.0 Å². The molecular weight excluding hydrogens is 425 g/mol. The monoisotopic (exact) mass is 458 g/mol. The number of sulfonamides is 1. The van der Waals surface area contributed by atoms with Crippen LogP contribution < -0.4 is 0 Å². The van der Waals surface area contributed by atoms with Gasteiger partial charge in [-0.25, -0.2) is 12.7 Å². The topological polar surface area (TPSA) is 40.6 Å². The van der Waals surface area contributed by atoms with Crippen molar-refractivity contribution in [3.8, 4) is 0 Å². The Morgan fingerprint density at radius 1 is 1.06 bits per heavy atom. The fourth-order valence-corrected chi connectivity index (χ4v) is 5.06. The van der Waals surface area contributed by atoms with Crippen molar-refractivity contribution in [1.82, 2.24) is 9.21 Å². The van der Waals surface area contributed by atoms with Crippen molar-refractivity contribution in [2.75, 3.05) is 33.7 Å². The molecule has 1 saturated carbocycles. The summed E-state index contributed by atoms with van der Waals surface area (Å²) in [5, 5.41) is 0. The van der Waals surface area contributed by atoms with Gasteiger partial charge in [-0.05, 0) is 75.3 Å². The Kier molecular flexibility index (Phi) is 9.33. The first kappa shape index (κ1) is 25.6. The first-order valence-corrected chi connectivity index (χ1v) is 12.1. The van der Waals surface area contributed by atoms with Crippen LogP contribution >= 0.6 is 0 Å². The summed E-state index contributed by atoms with van der Waals surface area (Å²) >= 11 is 0. The van der Waals surface area contributed by atoms with Crippen LogP contribution in [0.5, 0.6) is 0 Å². The van der Waals surface area contributed by atoms with Gasteiger partial charge in [-0.1, -0.05) is 18.2 Å². The second-order valence-corrected chi connectivity index (χ2v) is 10.4. The molecule has 0 aromatic heterocycles. The Morgan fingerprint density at radius 3 is 2.23 bits per heavy atom. The molecule has 0 unspecified atom stereocenters. The Hall–Kier alpha value is -1.64. The molecule has 0 amide bonds. The number of nitrogens with zero attached hydrogens (tertiary/aromatic N) is 2. The smallest absolute Gasteiger partial charge is 0.299 e. The fourth-order valence-electron chi connectivity index (χ4n) is 3.88. The summed E-state index contributed by atoms with van der Waals surface area (Å²) < 4.78 is 64.7. The van der Waals surface area contributed by atoms with Gasteiger partial charge in [0.1, 0.15) is 0 Å². The molecule has 0 aliphatic heterocycles. The third-order valence-electron chi connectivity index (χ3n) is 5.90. The van der Waals surface area contributed by atoms with Crippen molar-refractivity contribution < 1.29 is 21.6 Å². The van der Waals surface area contributed by atoms with Gasteiger partial charge in [-0.3, -0.25) is 4.90 Å². The number of hydrogen-bond acceptors (Lipinski definition) is 3. The lowest BCUT2D eigenvalue weighted by Crippen LogP contribution is -2.30. The number of alkyl halides is 3. The van der Waals surface area contributed by atoms with Crippen LogP contribution in [0.1, 0.15) is 37.7 Å². The van der Waals surface area contributed by atoms with Gasteiger partial charge >= 0.3 is 6.18 Å². The molecule has 0 atom stereocenters. The molecule has 31 heavy (non-hydrogen) atoms. The van der Waals surface area contributed by atoms with E-state index in [1.807, 2.05) is 6.08 Å². The van der Waals surface area contributed by atoms with Gasteiger partial charge in [0.15, 0.2) is 0 Å². The molecule has 0 saturated heterocycles. The molecule has 0 spiro atoms. The van der Waals surface area contributed by atoms with Crippen LogP contribution in [-0.2, 0) is 16.2 Å². The maximum absolute atomic E-state index is 12.7. The van der Waals surface area contributed by atoms with Crippen molar-refractivity contribution >= 4 is 10.0 Å². The summed E-state index contributed by atoms with van der Waals surface area (Å²) in [6.45, 7) is 5.86. The average molecular weight is 459 g/mol.